The molecule has 1 N–H and O–H groups in total. The third-order valence-corrected chi connectivity index (χ3v) is 3.52. The predicted molar refractivity (Wildman–Crippen MR) is 68.2 cm³/mol. The van der Waals surface area contributed by atoms with E-state index in [0.717, 1.165) is 31.4 Å². The topological polar surface area (TPSA) is 66.6 Å². The molecule has 1 atom stereocenters. The van der Waals surface area contributed by atoms with Crippen molar-refractivity contribution in [3.05, 3.63) is 39.9 Å². The van der Waals surface area contributed by atoms with Gasteiger partial charge >= 0.3 is 0 Å². The highest BCUT2D eigenvalue weighted by Crippen LogP contribution is 2.24. The van der Waals surface area contributed by atoms with Crippen LogP contribution in [0, 0.1) is 10.1 Å². The zero-order valence-electron chi connectivity index (χ0n) is 10.3. The van der Waals surface area contributed by atoms with Crippen molar-refractivity contribution in [3.63, 3.8) is 0 Å². The minimum absolute atomic E-state index is 0.126. The number of aliphatic hydroxyl groups is 1. The van der Waals surface area contributed by atoms with Crippen molar-refractivity contribution in [3.8, 4) is 0 Å². The van der Waals surface area contributed by atoms with Crippen LogP contribution in [0.3, 0.4) is 0 Å². The highest BCUT2D eigenvalue weighted by molar-refractivity contribution is 5.39. The van der Waals surface area contributed by atoms with Crippen molar-refractivity contribution in [1.29, 1.82) is 0 Å². The van der Waals surface area contributed by atoms with Gasteiger partial charge in [0.25, 0.3) is 5.69 Å². The smallest absolute Gasteiger partial charge is 0.273 e. The summed E-state index contributed by atoms with van der Waals surface area (Å²) in [4.78, 5) is 12.8. The van der Waals surface area contributed by atoms with Crippen LogP contribution in [0.4, 0.5) is 5.69 Å². The van der Waals surface area contributed by atoms with Gasteiger partial charge in [-0.05, 0) is 19.4 Å². The maximum atomic E-state index is 11.0. The van der Waals surface area contributed by atoms with E-state index in [1.54, 1.807) is 12.1 Å². The van der Waals surface area contributed by atoms with Crippen molar-refractivity contribution < 1.29 is 10.0 Å². The molecule has 18 heavy (non-hydrogen) atoms. The average Bonchev–Trinajstić information content (AvgIpc) is 2.40. The van der Waals surface area contributed by atoms with Crippen molar-refractivity contribution >= 4 is 5.69 Å². The number of likely N-dealkylation sites (tertiary alicyclic amines) is 1. The van der Waals surface area contributed by atoms with Crippen LogP contribution in [0.15, 0.2) is 24.3 Å². The number of hydrogen-bond acceptors (Lipinski definition) is 4. The first-order valence-electron chi connectivity index (χ1n) is 6.29. The van der Waals surface area contributed by atoms with E-state index in [1.807, 2.05) is 6.07 Å². The largest absolute Gasteiger partial charge is 0.395 e. The predicted octanol–water partition coefficient (Wildman–Crippen LogP) is 1.94. The fourth-order valence-electron chi connectivity index (χ4n) is 2.52. The van der Waals surface area contributed by atoms with Crippen LogP contribution < -0.4 is 0 Å². The summed E-state index contributed by atoms with van der Waals surface area (Å²) in [5.74, 6) is 0. The Labute approximate surface area is 106 Å². The van der Waals surface area contributed by atoms with Crippen LogP contribution >= 0.6 is 0 Å². The van der Waals surface area contributed by atoms with E-state index < -0.39 is 0 Å². The van der Waals surface area contributed by atoms with Gasteiger partial charge < -0.3 is 5.11 Å². The van der Waals surface area contributed by atoms with Crippen molar-refractivity contribution in [1.82, 2.24) is 4.90 Å². The third kappa shape index (κ3) is 2.86. The zero-order valence-corrected chi connectivity index (χ0v) is 10.3. The summed E-state index contributed by atoms with van der Waals surface area (Å²) in [6, 6.07) is 6.97. The van der Waals surface area contributed by atoms with Gasteiger partial charge in [0.15, 0.2) is 0 Å². The van der Waals surface area contributed by atoms with Crippen LogP contribution in [0.1, 0.15) is 24.8 Å². The highest BCUT2D eigenvalue weighted by atomic mass is 16.6. The van der Waals surface area contributed by atoms with Crippen LogP contribution in [0.2, 0.25) is 0 Å². The van der Waals surface area contributed by atoms with Gasteiger partial charge in [-0.15, -0.1) is 0 Å². The van der Waals surface area contributed by atoms with Gasteiger partial charge in [-0.2, -0.15) is 0 Å². The summed E-state index contributed by atoms with van der Waals surface area (Å²) in [5.41, 5.74) is 0.891. The number of nitro groups is 1. The molecule has 0 aromatic heterocycles. The summed E-state index contributed by atoms with van der Waals surface area (Å²) in [6.45, 7) is 1.57. The molecule has 0 radical (unpaired) electrons. The van der Waals surface area contributed by atoms with E-state index in [9.17, 15) is 15.2 Å². The van der Waals surface area contributed by atoms with Gasteiger partial charge in [-0.25, -0.2) is 0 Å². The van der Waals surface area contributed by atoms with Crippen molar-refractivity contribution in [2.45, 2.75) is 31.8 Å². The Morgan fingerprint density at radius 3 is 2.89 bits per heavy atom. The Balaban J connectivity index is 2.15. The number of para-hydroxylation sites is 1. The molecule has 1 fully saturated rings. The Morgan fingerprint density at radius 1 is 1.39 bits per heavy atom. The molecular formula is C13H18N2O3. The van der Waals surface area contributed by atoms with E-state index >= 15 is 0 Å². The number of aliphatic hydroxyl groups excluding tert-OH is 1. The fourth-order valence-corrected chi connectivity index (χ4v) is 2.52. The molecule has 98 valence electrons. The fraction of sp³-hybridized carbons (Fsp3) is 0.538. The average molecular weight is 250 g/mol. The van der Waals surface area contributed by atoms with Gasteiger partial charge in [0.05, 0.1) is 11.5 Å². The zero-order chi connectivity index (χ0) is 13.0. The second-order valence-corrected chi connectivity index (χ2v) is 4.69. The molecule has 0 aliphatic carbocycles. The van der Waals surface area contributed by atoms with Gasteiger partial charge in [0.2, 0.25) is 0 Å². The molecule has 0 amide bonds. The minimum Gasteiger partial charge on any atom is -0.395 e. The molecule has 1 aliphatic heterocycles. The lowest BCUT2D eigenvalue weighted by Crippen LogP contribution is -2.41. The van der Waals surface area contributed by atoms with Crippen LogP contribution in [-0.4, -0.2) is 34.1 Å². The number of hydrogen-bond donors (Lipinski definition) is 1. The lowest BCUT2D eigenvalue weighted by molar-refractivity contribution is -0.385. The maximum Gasteiger partial charge on any atom is 0.273 e. The quantitative estimate of drug-likeness (QED) is 0.655. The van der Waals surface area contributed by atoms with Gasteiger partial charge in [0.1, 0.15) is 0 Å². The molecular weight excluding hydrogens is 232 g/mol. The summed E-state index contributed by atoms with van der Waals surface area (Å²) in [5, 5.41) is 20.3. The van der Waals surface area contributed by atoms with E-state index in [2.05, 4.69) is 4.90 Å². The number of piperidine rings is 1. The minimum atomic E-state index is -0.340. The summed E-state index contributed by atoms with van der Waals surface area (Å²) < 4.78 is 0. The lowest BCUT2D eigenvalue weighted by atomic mass is 10.0. The van der Waals surface area contributed by atoms with E-state index in [-0.39, 0.29) is 23.3 Å². The Hall–Kier alpha value is -1.46. The summed E-state index contributed by atoms with van der Waals surface area (Å²) in [6.07, 6.45) is 3.19. The Bertz CT molecular complexity index is 422. The van der Waals surface area contributed by atoms with Crippen LogP contribution in [0.5, 0.6) is 0 Å². The first-order valence-corrected chi connectivity index (χ1v) is 6.29. The summed E-state index contributed by atoms with van der Waals surface area (Å²) in [7, 11) is 0. The summed E-state index contributed by atoms with van der Waals surface area (Å²) >= 11 is 0. The second kappa shape index (κ2) is 5.93. The van der Waals surface area contributed by atoms with Gasteiger partial charge in [-0.3, -0.25) is 15.0 Å². The molecule has 1 aromatic rings. The second-order valence-electron chi connectivity index (χ2n) is 4.69. The Kier molecular flexibility index (Phi) is 4.28. The number of rotatable bonds is 4. The van der Waals surface area contributed by atoms with Crippen molar-refractivity contribution in [2.24, 2.45) is 0 Å². The molecule has 1 aromatic carbocycles. The molecule has 1 unspecified atom stereocenters. The van der Waals surface area contributed by atoms with Crippen LogP contribution in [0.25, 0.3) is 0 Å². The molecule has 0 saturated carbocycles. The SMILES string of the molecule is O=[N+]([O-])c1ccccc1CN1CCCCC1CO. The monoisotopic (exact) mass is 250 g/mol. The molecule has 1 heterocycles. The number of nitro benzene ring substituents is 1. The normalized spacial score (nSPS) is 20.8. The van der Waals surface area contributed by atoms with E-state index in [0.29, 0.717) is 6.54 Å². The molecule has 5 nitrogen and oxygen atoms in total. The standard InChI is InChI=1S/C13H18N2O3/c16-10-12-6-3-4-8-14(12)9-11-5-1-2-7-13(11)15(17)18/h1-2,5,7,12,16H,3-4,6,8-10H2. The third-order valence-electron chi connectivity index (χ3n) is 3.52. The maximum absolute atomic E-state index is 11.0. The Morgan fingerprint density at radius 2 is 2.17 bits per heavy atom. The molecule has 0 spiro atoms. The molecule has 5 heteroatoms. The first kappa shape index (κ1) is 13.0. The number of nitrogens with zero attached hydrogens (tertiary/aromatic N) is 2. The van der Waals surface area contributed by atoms with Gasteiger partial charge in [-0.1, -0.05) is 24.6 Å². The van der Waals surface area contributed by atoms with Crippen molar-refractivity contribution in [2.75, 3.05) is 13.2 Å². The van der Waals surface area contributed by atoms with Crippen LogP contribution in [-0.2, 0) is 6.54 Å². The molecule has 2 rings (SSSR count). The first-order chi connectivity index (χ1) is 8.72. The molecule has 0 bridgehead atoms. The lowest BCUT2D eigenvalue weighted by Gasteiger charge is -2.34. The highest BCUT2D eigenvalue weighted by Gasteiger charge is 2.24. The number of benzene rings is 1. The molecule has 1 saturated heterocycles. The van der Waals surface area contributed by atoms with E-state index in [1.165, 1.54) is 6.07 Å². The van der Waals surface area contributed by atoms with Gasteiger partial charge in [0, 0.05) is 24.2 Å². The van der Waals surface area contributed by atoms with E-state index in [4.69, 9.17) is 0 Å². The molecule has 1 aliphatic rings.